The van der Waals surface area contributed by atoms with E-state index >= 15 is 0 Å². The molecule has 0 fully saturated rings. The number of benzene rings is 2. The normalized spacial score (nSPS) is 11.6. The van der Waals surface area contributed by atoms with Gasteiger partial charge in [0, 0.05) is 11.3 Å². The van der Waals surface area contributed by atoms with E-state index in [1.165, 1.54) is 11.8 Å². The zero-order valence-corrected chi connectivity index (χ0v) is 17.1. The fourth-order valence-electron chi connectivity index (χ4n) is 2.60. The van der Waals surface area contributed by atoms with Crippen LogP contribution in [0.5, 0.6) is 0 Å². The van der Waals surface area contributed by atoms with Crippen LogP contribution in [0.2, 0.25) is 0 Å². The summed E-state index contributed by atoms with van der Waals surface area (Å²) in [6, 6.07) is 16.2. The van der Waals surface area contributed by atoms with Gasteiger partial charge in [0.25, 0.3) is 0 Å². The summed E-state index contributed by atoms with van der Waals surface area (Å²) in [5.41, 5.74) is 1.77. The molecule has 3 rings (SSSR count). The van der Waals surface area contributed by atoms with Crippen molar-refractivity contribution >= 4 is 21.6 Å². The van der Waals surface area contributed by atoms with Gasteiger partial charge in [-0.15, -0.1) is 0 Å². The number of thioether (sulfide) groups is 1. The number of sulfone groups is 1. The van der Waals surface area contributed by atoms with Gasteiger partial charge in [-0.05, 0) is 37.6 Å². The maximum absolute atomic E-state index is 13.2. The molecule has 2 aromatic carbocycles. The average Bonchev–Trinajstić information content (AvgIpc) is 3.11. The van der Waals surface area contributed by atoms with Crippen molar-refractivity contribution in [1.29, 1.82) is 0 Å². The zero-order valence-electron chi connectivity index (χ0n) is 15.5. The fraction of sp³-hybridized carbons (Fsp3) is 0.286. The van der Waals surface area contributed by atoms with Crippen molar-refractivity contribution in [2.75, 3.05) is 5.75 Å². The predicted octanol–water partition coefficient (Wildman–Crippen LogP) is 5.77. The van der Waals surface area contributed by atoms with E-state index in [0.29, 0.717) is 11.0 Å². The Kier molecular flexibility index (Phi) is 6.39. The number of hydrogen-bond donors (Lipinski definition) is 0. The monoisotopic (exact) mass is 401 g/mol. The Balaban J connectivity index is 2.00. The Morgan fingerprint density at radius 1 is 1.00 bits per heavy atom. The molecule has 0 aliphatic heterocycles. The van der Waals surface area contributed by atoms with E-state index in [1.807, 2.05) is 37.3 Å². The first-order chi connectivity index (χ1) is 13.0. The van der Waals surface area contributed by atoms with Crippen LogP contribution in [0, 0.1) is 6.92 Å². The van der Waals surface area contributed by atoms with Crippen molar-refractivity contribution in [3.8, 4) is 11.5 Å². The summed E-state index contributed by atoms with van der Waals surface area (Å²) in [4.78, 5) is 4.61. The van der Waals surface area contributed by atoms with Crippen LogP contribution >= 0.6 is 11.8 Å². The third-order valence-corrected chi connectivity index (χ3v) is 6.99. The highest BCUT2D eigenvalue weighted by Crippen LogP contribution is 2.35. The van der Waals surface area contributed by atoms with E-state index < -0.39 is 9.84 Å². The molecule has 0 saturated heterocycles. The number of aryl methyl sites for hydroxylation is 1. The lowest BCUT2D eigenvalue weighted by atomic mass is 10.2. The van der Waals surface area contributed by atoms with Crippen LogP contribution in [-0.4, -0.2) is 19.2 Å². The highest BCUT2D eigenvalue weighted by molar-refractivity contribution is 8.00. The first-order valence-corrected chi connectivity index (χ1v) is 11.5. The molecule has 0 bridgehead atoms. The van der Waals surface area contributed by atoms with E-state index in [9.17, 15) is 8.42 Å². The second-order valence-corrected chi connectivity index (χ2v) is 9.28. The largest absolute Gasteiger partial charge is 0.428 e. The summed E-state index contributed by atoms with van der Waals surface area (Å²) in [6.07, 6.45) is 3.22. The number of hydrogen-bond acceptors (Lipinski definition) is 5. The number of nitrogens with zero attached hydrogens (tertiary/aromatic N) is 1. The lowest BCUT2D eigenvalue weighted by Crippen LogP contribution is -2.04. The second kappa shape index (κ2) is 8.76. The number of aromatic nitrogens is 1. The Hall–Kier alpha value is -2.05. The predicted molar refractivity (Wildman–Crippen MR) is 109 cm³/mol. The van der Waals surface area contributed by atoms with Gasteiger partial charge in [-0.2, -0.15) is 4.98 Å². The third-order valence-electron chi connectivity index (χ3n) is 4.15. The quantitative estimate of drug-likeness (QED) is 0.354. The molecule has 27 heavy (non-hydrogen) atoms. The Morgan fingerprint density at radius 2 is 1.70 bits per heavy atom. The molecule has 6 heteroatoms. The van der Waals surface area contributed by atoms with Crippen LogP contribution in [-0.2, 0) is 9.84 Å². The van der Waals surface area contributed by atoms with Crippen LogP contribution in [0.4, 0.5) is 0 Å². The minimum Gasteiger partial charge on any atom is -0.428 e. The van der Waals surface area contributed by atoms with E-state index in [1.54, 1.807) is 24.3 Å². The molecular weight excluding hydrogens is 378 g/mol. The number of unbranched alkanes of at least 4 members (excludes halogenated alkanes) is 2. The average molecular weight is 402 g/mol. The second-order valence-electron chi connectivity index (χ2n) is 6.35. The molecule has 142 valence electrons. The van der Waals surface area contributed by atoms with Crippen molar-refractivity contribution in [3.05, 3.63) is 60.2 Å². The standard InChI is InChI=1S/C21H23NO3S2/c1-3-4-8-15-26-21-20(22-19(25-21)17-9-6-5-7-10-17)27(23,24)18-13-11-16(2)12-14-18/h5-7,9-14H,3-4,8,15H2,1-2H3. The SMILES string of the molecule is CCCCCSc1oc(-c2ccccc2)nc1S(=O)(=O)c1ccc(C)cc1. The molecule has 1 heterocycles. The molecule has 0 unspecified atom stereocenters. The molecule has 0 aliphatic rings. The summed E-state index contributed by atoms with van der Waals surface area (Å²) < 4.78 is 32.2. The molecule has 4 nitrogen and oxygen atoms in total. The van der Waals surface area contributed by atoms with E-state index in [0.717, 1.165) is 36.1 Å². The summed E-state index contributed by atoms with van der Waals surface area (Å²) >= 11 is 1.42. The molecule has 0 spiro atoms. The van der Waals surface area contributed by atoms with E-state index in [4.69, 9.17) is 4.42 Å². The Labute approximate surface area is 164 Å². The third kappa shape index (κ3) is 4.62. The van der Waals surface area contributed by atoms with Crippen LogP contribution < -0.4 is 0 Å². The molecule has 0 aliphatic carbocycles. The maximum Gasteiger partial charge on any atom is 0.228 e. The van der Waals surface area contributed by atoms with E-state index in [2.05, 4.69) is 11.9 Å². The number of rotatable bonds is 8. The summed E-state index contributed by atoms with van der Waals surface area (Å²) in [5, 5.41) is 0.372. The van der Waals surface area contributed by atoms with Gasteiger partial charge in [-0.25, -0.2) is 8.42 Å². The summed E-state index contributed by atoms with van der Waals surface area (Å²) in [7, 11) is -3.74. The van der Waals surface area contributed by atoms with Gasteiger partial charge in [0.1, 0.15) is 0 Å². The van der Waals surface area contributed by atoms with Crippen LogP contribution in [0.15, 0.2) is 74.0 Å². The minimum atomic E-state index is -3.74. The summed E-state index contributed by atoms with van der Waals surface area (Å²) in [5.74, 6) is 1.13. The smallest absolute Gasteiger partial charge is 0.228 e. The maximum atomic E-state index is 13.2. The molecular formula is C21H23NO3S2. The van der Waals surface area contributed by atoms with E-state index in [-0.39, 0.29) is 9.92 Å². The minimum absolute atomic E-state index is 0.00621. The van der Waals surface area contributed by atoms with Crippen LogP contribution in [0.25, 0.3) is 11.5 Å². The molecule has 0 atom stereocenters. The van der Waals surface area contributed by atoms with Crippen molar-refractivity contribution in [1.82, 2.24) is 4.98 Å². The molecule has 0 saturated carbocycles. The lowest BCUT2D eigenvalue weighted by Gasteiger charge is -2.04. The Bertz CT molecular complexity index is 978. The topological polar surface area (TPSA) is 60.2 Å². The van der Waals surface area contributed by atoms with Crippen molar-refractivity contribution in [2.24, 2.45) is 0 Å². The molecule has 3 aromatic rings. The molecule has 0 N–H and O–H groups in total. The highest BCUT2D eigenvalue weighted by Gasteiger charge is 2.28. The van der Waals surface area contributed by atoms with Gasteiger partial charge >= 0.3 is 0 Å². The molecule has 1 aromatic heterocycles. The van der Waals surface area contributed by atoms with Crippen molar-refractivity contribution in [2.45, 2.75) is 48.1 Å². The molecule has 0 radical (unpaired) electrons. The zero-order chi connectivity index (χ0) is 19.3. The van der Waals surface area contributed by atoms with Crippen molar-refractivity contribution < 1.29 is 12.8 Å². The van der Waals surface area contributed by atoms with Gasteiger partial charge in [0.2, 0.25) is 25.8 Å². The van der Waals surface area contributed by atoms with Gasteiger partial charge in [-0.3, -0.25) is 0 Å². The molecule has 0 amide bonds. The van der Waals surface area contributed by atoms with Crippen molar-refractivity contribution in [3.63, 3.8) is 0 Å². The first-order valence-electron chi connectivity index (χ1n) is 9.03. The highest BCUT2D eigenvalue weighted by atomic mass is 32.2. The fourth-order valence-corrected chi connectivity index (χ4v) is 5.13. The van der Waals surface area contributed by atoms with Gasteiger partial charge in [0.05, 0.1) is 4.90 Å². The van der Waals surface area contributed by atoms with Gasteiger partial charge in [0.15, 0.2) is 0 Å². The van der Waals surface area contributed by atoms with Crippen LogP contribution in [0.1, 0.15) is 31.7 Å². The van der Waals surface area contributed by atoms with Gasteiger partial charge < -0.3 is 4.42 Å². The first kappa shape index (κ1) is 19.7. The lowest BCUT2D eigenvalue weighted by molar-refractivity contribution is 0.470. The van der Waals surface area contributed by atoms with Crippen LogP contribution in [0.3, 0.4) is 0 Å². The summed E-state index contributed by atoms with van der Waals surface area (Å²) in [6.45, 7) is 4.06. The van der Waals surface area contributed by atoms with Gasteiger partial charge in [-0.1, -0.05) is 67.4 Å². The number of oxazole rings is 1. The Morgan fingerprint density at radius 3 is 2.37 bits per heavy atom.